The van der Waals surface area contributed by atoms with Gasteiger partial charge < -0.3 is 20.7 Å². The Labute approximate surface area is 181 Å². The summed E-state index contributed by atoms with van der Waals surface area (Å²) >= 11 is 6.33. The number of carbonyl (C=O) groups is 1. The van der Waals surface area contributed by atoms with Crippen LogP contribution in [0.15, 0.2) is 24.5 Å². The first-order chi connectivity index (χ1) is 14.7. The lowest BCUT2D eigenvalue weighted by Gasteiger charge is -2.22. The zero-order chi connectivity index (χ0) is 20.8. The van der Waals surface area contributed by atoms with Gasteiger partial charge >= 0.3 is 0 Å². The number of carbonyl (C=O) groups excluding carboxylic acids is 1. The second-order valence-corrected chi connectivity index (χ2v) is 8.15. The molecule has 0 radical (unpaired) electrons. The van der Waals surface area contributed by atoms with Crippen LogP contribution >= 0.6 is 11.6 Å². The molecule has 0 bridgehead atoms. The second-order valence-electron chi connectivity index (χ2n) is 7.79. The molecular formula is C21H27ClN6O2. The Kier molecular flexibility index (Phi) is 7.09. The van der Waals surface area contributed by atoms with E-state index in [0.29, 0.717) is 34.9 Å². The highest BCUT2D eigenvalue weighted by Crippen LogP contribution is 2.27. The van der Waals surface area contributed by atoms with Crippen LogP contribution in [-0.2, 0) is 9.53 Å². The van der Waals surface area contributed by atoms with Gasteiger partial charge in [-0.1, -0.05) is 11.6 Å². The molecule has 30 heavy (non-hydrogen) atoms. The lowest BCUT2D eigenvalue weighted by Crippen LogP contribution is -2.37. The van der Waals surface area contributed by atoms with Crippen molar-refractivity contribution in [3.05, 3.63) is 29.7 Å². The van der Waals surface area contributed by atoms with Gasteiger partial charge in [-0.3, -0.25) is 4.79 Å². The summed E-state index contributed by atoms with van der Waals surface area (Å²) in [6.45, 7) is 4.11. The van der Waals surface area contributed by atoms with E-state index in [-0.39, 0.29) is 11.8 Å². The largest absolute Gasteiger partial charge is 0.381 e. The number of rotatable bonds is 6. The molecule has 4 heterocycles. The summed E-state index contributed by atoms with van der Waals surface area (Å²) in [5, 5.41) is 9.85. The summed E-state index contributed by atoms with van der Waals surface area (Å²) in [6, 6.07) is 3.60. The molecule has 0 aliphatic carbocycles. The fourth-order valence-electron chi connectivity index (χ4n) is 3.79. The van der Waals surface area contributed by atoms with E-state index in [2.05, 4.69) is 30.9 Å². The number of hydrogen-bond donors (Lipinski definition) is 3. The Bertz CT molecular complexity index is 868. The van der Waals surface area contributed by atoms with Gasteiger partial charge in [0.05, 0.1) is 12.1 Å². The van der Waals surface area contributed by atoms with Gasteiger partial charge in [-0.05, 0) is 50.3 Å². The highest BCUT2D eigenvalue weighted by molar-refractivity contribution is 6.31. The van der Waals surface area contributed by atoms with E-state index in [4.69, 9.17) is 16.3 Å². The summed E-state index contributed by atoms with van der Waals surface area (Å²) in [5.74, 6) is 1.68. The van der Waals surface area contributed by atoms with Crippen LogP contribution in [0.5, 0.6) is 0 Å². The molecule has 2 aromatic rings. The summed E-state index contributed by atoms with van der Waals surface area (Å²) in [5.41, 5.74) is 1.32. The van der Waals surface area contributed by atoms with Crippen LogP contribution in [0.25, 0.3) is 11.3 Å². The molecule has 0 saturated carbocycles. The smallest absolute Gasteiger partial charge is 0.229 e. The minimum Gasteiger partial charge on any atom is -0.381 e. The van der Waals surface area contributed by atoms with Gasteiger partial charge in [0.2, 0.25) is 5.91 Å². The van der Waals surface area contributed by atoms with Crippen LogP contribution in [0.1, 0.15) is 25.7 Å². The second kappa shape index (κ2) is 10.1. The Hall–Kier alpha value is -2.29. The molecule has 2 aromatic heterocycles. The predicted octanol–water partition coefficient (Wildman–Crippen LogP) is 2.97. The monoisotopic (exact) mass is 430 g/mol. The highest BCUT2D eigenvalue weighted by atomic mass is 35.5. The van der Waals surface area contributed by atoms with Gasteiger partial charge in [0.25, 0.3) is 0 Å². The predicted molar refractivity (Wildman–Crippen MR) is 117 cm³/mol. The number of ether oxygens (including phenoxy) is 1. The van der Waals surface area contributed by atoms with Crippen molar-refractivity contribution in [2.24, 2.45) is 11.8 Å². The van der Waals surface area contributed by atoms with E-state index < -0.39 is 0 Å². The van der Waals surface area contributed by atoms with Gasteiger partial charge in [-0.25, -0.2) is 15.0 Å². The molecule has 1 atom stereocenters. The average Bonchev–Trinajstić information content (AvgIpc) is 2.80. The molecule has 4 rings (SSSR count). The number of nitrogens with zero attached hydrogens (tertiary/aromatic N) is 3. The summed E-state index contributed by atoms with van der Waals surface area (Å²) in [4.78, 5) is 25.7. The molecule has 8 nitrogen and oxygen atoms in total. The molecule has 9 heteroatoms. The number of aromatic nitrogens is 3. The number of piperidine rings is 1. The molecule has 2 saturated heterocycles. The van der Waals surface area contributed by atoms with Crippen molar-refractivity contribution in [3.8, 4) is 11.3 Å². The van der Waals surface area contributed by atoms with Gasteiger partial charge in [-0.2, -0.15) is 0 Å². The molecule has 160 valence electrons. The van der Waals surface area contributed by atoms with Crippen molar-refractivity contribution < 1.29 is 9.53 Å². The van der Waals surface area contributed by atoms with Crippen LogP contribution in [0, 0.1) is 11.8 Å². The number of halogens is 1. The molecule has 2 aliphatic rings. The van der Waals surface area contributed by atoms with Gasteiger partial charge in [0.1, 0.15) is 17.3 Å². The number of nitrogens with one attached hydrogen (secondary N) is 3. The van der Waals surface area contributed by atoms with Crippen molar-refractivity contribution in [1.29, 1.82) is 0 Å². The zero-order valence-corrected chi connectivity index (χ0v) is 17.6. The fraction of sp³-hybridized carbons (Fsp3) is 0.524. The third kappa shape index (κ3) is 5.44. The lowest BCUT2D eigenvalue weighted by molar-refractivity contribution is -0.120. The van der Waals surface area contributed by atoms with E-state index in [1.807, 2.05) is 6.07 Å². The van der Waals surface area contributed by atoms with E-state index in [9.17, 15) is 4.79 Å². The van der Waals surface area contributed by atoms with Gasteiger partial charge in [0, 0.05) is 38.1 Å². The van der Waals surface area contributed by atoms with Crippen molar-refractivity contribution >= 4 is 29.1 Å². The Balaban J connectivity index is 1.44. The zero-order valence-electron chi connectivity index (χ0n) is 16.9. The van der Waals surface area contributed by atoms with Crippen molar-refractivity contribution in [2.45, 2.75) is 25.7 Å². The Morgan fingerprint density at radius 3 is 2.90 bits per heavy atom. The first kappa shape index (κ1) is 21.0. The SMILES string of the molecule is O=C(Nc1cc(-c2nc(NCC3CCOCC3)cnc2Cl)ccn1)[C@@H]1CCCNC1. The molecule has 0 aromatic carbocycles. The number of hydrogen-bond acceptors (Lipinski definition) is 7. The van der Waals surface area contributed by atoms with E-state index in [1.54, 1.807) is 18.5 Å². The maximum absolute atomic E-state index is 12.5. The third-order valence-corrected chi connectivity index (χ3v) is 5.87. The maximum Gasteiger partial charge on any atom is 0.229 e. The molecule has 1 amide bonds. The highest BCUT2D eigenvalue weighted by Gasteiger charge is 2.21. The molecular weight excluding hydrogens is 404 g/mol. The third-order valence-electron chi connectivity index (χ3n) is 5.59. The lowest BCUT2D eigenvalue weighted by atomic mass is 9.99. The normalized spacial score (nSPS) is 20.0. The molecule has 0 unspecified atom stereocenters. The summed E-state index contributed by atoms with van der Waals surface area (Å²) in [7, 11) is 0. The minimum atomic E-state index is -0.0368. The minimum absolute atomic E-state index is 0.0177. The van der Waals surface area contributed by atoms with E-state index in [1.165, 1.54) is 0 Å². The van der Waals surface area contributed by atoms with Crippen molar-refractivity contribution in [3.63, 3.8) is 0 Å². The molecule has 3 N–H and O–H groups in total. The van der Waals surface area contributed by atoms with Crippen molar-refractivity contribution in [2.75, 3.05) is 43.5 Å². The first-order valence-corrected chi connectivity index (χ1v) is 10.9. The number of amides is 1. The quantitative estimate of drug-likeness (QED) is 0.647. The van der Waals surface area contributed by atoms with Crippen LogP contribution in [0.4, 0.5) is 11.6 Å². The molecule has 2 fully saturated rings. The fourth-order valence-corrected chi connectivity index (χ4v) is 3.99. The van der Waals surface area contributed by atoms with Crippen LogP contribution in [-0.4, -0.2) is 53.7 Å². The van der Waals surface area contributed by atoms with Crippen LogP contribution in [0.3, 0.4) is 0 Å². The van der Waals surface area contributed by atoms with Crippen molar-refractivity contribution in [1.82, 2.24) is 20.3 Å². The topological polar surface area (TPSA) is 101 Å². The summed E-state index contributed by atoms with van der Waals surface area (Å²) < 4.78 is 5.41. The molecule has 0 spiro atoms. The Morgan fingerprint density at radius 1 is 1.23 bits per heavy atom. The van der Waals surface area contributed by atoms with Crippen LogP contribution in [0.2, 0.25) is 5.15 Å². The average molecular weight is 431 g/mol. The molecule has 2 aliphatic heterocycles. The number of anilines is 2. The van der Waals surface area contributed by atoms with Crippen LogP contribution < -0.4 is 16.0 Å². The number of pyridine rings is 1. The van der Waals surface area contributed by atoms with E-state index in [0.717, 1.165) is 57.6 Å². The van der Waals surface area contributed by atoms with Gasteiger partial charge in [0.15, 0.2) is 5.15 Å². The van der Waals surface area contributed by atoms with E-state index >= 15 is 0 Å². The standard InChI is InChI=1S/C21H27ClN6O2/c22-20-19(27-18(13-26-20)25-11-14-4-8-30-9-5-14)15-3-7-24-17(10-15)28-21(29)16-2-1-6-23-12-16/h3,7,10,13-14,16,23H,1-2,4-6,8-9,11-12H2,(H,25,27)(H,24,28,29)/t16-/m1/s1. The maximum atomic E-state index is 12.5. The summed E-state index contributed by atoms with van der Waals surface area (Å²) in [6.07, 6.45) is 7.27. The Morgan fingerprint density at radius 2 is 2.10 bits per heavy atom. The van der Waals surface area contributed by atoms with Gasteiger partial charge in [-0.15, -0.1) is 0 Å². The first-order valence-electron chi connectivity index (χ1n) is 10.5.